The zero-order valence-corrected chi connectivity index (χ0v) is 14.3. The first-order valence-electron chi connectivity index (χ1n) is 7.86. The van der Waals surface area contributed by atoms with Gasteiger partial charge >= 0.3 is 0 Å². The van der Waals surface area contributed by atoms with Crippen LogP contribution in [0.2, 0.25) is 5.02 Å². The normalized spacial score (nSPS) is 11.0. The van der Waals surface area contributed by atoms with E-state index in [0.717, 1.165) is 18.2 Å². The molecule has 0 saturated heterocycles. The predicted octanol–water partition coefficient (Wildman–Crippen LogP) is 6.14. The zero-order chi connectivity index (χ0) is 19.0. The molecule has 0 aliphatic carbocycles. The summed E-state index contributed by atoms with van der Waals surface area (Å²) >= 11 is 5.82. The lowest BCUT2D eigenvalue weighted by Crippen LogP contribution is -1.92. The molecule has 0 amide bonds. The number of rotatable bonds is 3. The Kier molecular flexibility index (Phi) is 4.41. The molecule has 0 fully saturated rings. The van der Waals surface area contributed by atoms with Gasteiger partial charge in [0.15, 0.2) is 5.76 Å². The summed E-state index contributed by atoms with van der Waals surface area (Å²) in [5, 5.41) is 4.16. The minimum Gasteiger partial charge on any atom is -0.355 e. The Morgan fingerprint density at radius 3 is 2.33 bits per heavy atom. The largest absolute Gasteiger partial charge is 0.355 e. The summed E-state index contributed by atoms with van der Waals surface area (Å²) in [6.07, 6.45) is 1.54. The molecule has 4 aromatic rings. The van der Waals surface area contributed by atoms with E-state index in [4.69, 9.17) is 16.1 Å². The molecule has 0 unspecified atom stereocenters. The van der Waals surface area contributed by atoms with E-state index in [1.165, 1.54) is 24.4 Å². The Morgan fingerprint density at radius 1 is 0.852 bits per heavy atom. The molecule has 0 N–H and O–H groups in total. The van der Waals surface area contributed by atoms with Crippen LogP contribution in [0.25, 0.3) is 33.8 Å². The van der Waals surface area contributed by atoms with Crippen molar-refractivity contribution < 1.29 is 17.7 Å². The van der Waals surface area contributed by atoms with Gasteiger partial charge in [0.25, 0.3) is 0 Å². The van der Waals surface area contributed by atoms with Crippen molar-refractivity contribution in [1.29, 1.82) is 0 Å². The van der Waals surface area contributed by atoms with Gasteiger partial charge in [0.2, 0.25) is 0 Å². The molecule has 2 heterocycles. The molecule has 0 spiro atoms. The number of benzene rings is 2. The van der Waals surface area contributed by atoms with Gasteiger partial charge in [-0.25, -0.2) is 13.2 Å². The zero-order valence-electron chi connectivity index (χ0n) is 13.6. The fourth-order valence-electron chi connectivity index (χ4n) is 2.76. The van der Waals surface area contributed by atoms with Crippen LogP contribution in [0.3, 0.4) is 0 Å². The Hall–Kier alpha value is -3.12. The van der Waals surface area contributed by atoms with Crippen molar-refractivity contribution in [3.8, 4) is 33.8 Å². The van der Waals surface area contributed by atoms with Gasteiger partial charge in [-0.05, 0) is 42.5 Å². The van der Waals surface area contributed by atoms with E-state index in [1.807, 2.05) is 0 Å². The molecule has 2 aromatic heterocycles. The Balaban J connectivity index is 2.00. The minimum atomic E-state index is -0.827. The lowest BCUT2D eigenvalue weighted by atomic mass is 9.99. The monoisotopic (exact) mass is 386 g/mol. The molecule has 0 radical (unpaired) electrons. The van der Waals surface area contributed by atoms with Crippen LogP contribution < -0.4 is 0 Å². The second-order valence-corrected chi connectivity index (χ2v) is 6.14. The van der Waals surface area contributed by atoms with Crippen molar-refractivity contribution in [2.45, 2.75) is 0 Å². The molecular weight excluding hydrogens is 377 g/mol. The molecule has 0 atom stereocenters. The van der Waals surface area contributed by atoms with Crippen molar-refractivity contribution in [1.82, 2.24) is 10.1 Å². The van der Waals surface area contributed by atoms with E-state index >= 15 is 0 Å². The summed E-state index contributed by atoms with van der Waals surface area (Å²) < 4.78 is 47.4. The molecule has 27 heavy (non-hydrogen) atoms. The molecule has 0 aliphatic rings. The average Bonchev–Trinajstić information content (AvgIpc) is 3.07. The average molecular weight is 387 g/mol. The second kappa shape index (κ2) is 6.89. The first-order valence-corrected chi connectivity index (χ1v) is 8.24. The van der Waals surface area contributed by atoms with Gasteiger partial charge in [0, 0.05) is 22.8 Å². The number of nitrogens with zero attached hydrogens (tertiary/aromatic N) is 2. The van der Waals surface area contributed by atoms with Gasteiger partial charge in [-0.2, -0.15) is 0 Å². The summed E-state index contributed by atoms with van der Waals surface area (Å²) in [5.74, 6) is -2.14. The van der Waals surface area contributed by atoms with Gasteiger partial charge in [0.1, 0.15) is 23.1 Å². The summed E-state index contributed by atoms with van der Waals surface area (Å²) in [6, 6.07) is 12.3. The summed E-state index contributed by atoms with van der Waals surface area (Å²) in [5.41, 5.74) is 0.952. The fourth-order valence-corrected chi connectivity index (χ4v) is 2.92. The topological polar surface area (TPSA) is 38.9 Å². The molecule has 7 heteroatoms. The Morgan fingerprint density at radius 2 is 1.63 bits per heavy atom. The van der Waals surface area contributed by atoms with Crippen molar-refractivity contribution in [2.75, 3.05) is 0 Å². The van der Waals surface area contributed by atoms with Crippen LogP contribution in [0.5, 0.6) is 0 Å². The molecule has 3 nitrogen and oxygen atoms in total. The van der Waals surface area contributed by atoms with Crippen molar-refractivity contribution in [2.24, 2.45) is 0 Å². The molecule has 0 bridgehead atoms. The van der Waals surface area contributed by atoms with Crippen molar-refractivity contribution in [3.05, 3.63) is 83.3 Å². The lowest BCUT2D eigenvalue weighted by molar-refractivity contribution is 0.432. The molecular formula is C20H10ClF3N2O. The Labute approximate surface area is 157 Å². The van der Waals surface area contributed by atoms with Crippen LogP contribution in [0.15, 0.2) is 65.3 Å². The van der Waals surface area contributed by atoms with Gasteiger partial charge in [-0.3, -0.25) is 4.98 Å². The quantitative estimate of drug-likeness (QED) is 0.424. The summed E-state index contributed by atoms with van der Waals surface area (Å²) in [7, 11) is 0. The highest BCUT2D eigenvalue weighted by atomic mass is 35.5. The van der Waals surface area contributed by atoms with E-state index in [0.29, 0.717) is 11.3 Å². The third-order valence-electron chi connectivity index (χ3n) is 3.98. The summed E-state index contributed by atoms with van der Waals surface area (Å²) in [6.45, 7) is 0. The SMILES string of the molecule is Fc1ccc(-c2onc(-c3ccc(Cl)cc3F)c2-c2ccccn2)c(F)c1. The molecule has 4 rings (SSSR count). The maximum absolute atomic E-state index is 14.5. The summed E-state index contributed by atoms with van der Waals surface area (Å²) in [4.78, 5) is 4.24. The fraction of sp³-hybridized carbons (Fsp3) is 0. The highest BCUT2D eigenvalue weighted by molar-refractivity contribution is 6.30. The van der Waals surface area contributed by atoms with E-state index in [1.54, 1.807) is 18.2 Å². The highest BCUT2D eigenvalue weighted by Gasteiger charge is 2.25. The molecule has 134 valence electrons. The van der Waals surface area contributed by atoms with Crippen LogP contribution in [0.1, 0.15) is 0 Å². The molecule has 2 aromatic carbocycles. The van der Waals surface area contributed by atoms with E-state index in [2.05, 4.69) is 10.1 Å². The van der Waals surface area contributed by atoms with Crippen molar-refractivity contribution in [3.63, 3.8) is 0 Å². The van der Waals surface area contributed by atoms with Crippen LogP contribution in [-0.2, 0) is 0 Å². The third kappa shape index (κ3) is 3.19. The van der Waals surface area contributed by atoms with Gasteiger partial charge in [-0.15, -0.1) is 0 Å². The van der Waals surface area contributed by atoms with Gasteiger partial charge in [-0.1, -0.05) is 22.8 Å². The number of aromatic nitrogens is 2. The Bertz CT molecular complexity index is 1060. The highest BCUT2D eigenvalue weighted by Crippen LogP contribution is 2.41. The van der Waals surface area contributed by atoms with E-state index < -0.39 is 17.5 Å². The van der Waals surface area contributed by atoms with Crippen LogP contribution >= 0.6 is 11.6 Å². The minimum absolute atomic E-state index is 0.00910. The maximum atomic E-state index is 14.5. The maximum Gasteiger partial charge on any atom is 0.179 e. The van der Waals surface area contributed by atoms with Crippen LogP contribution in [-0.4, -0.2) is 10.1 Å². The number of pyridine rings is 1. The standard InChI is InChI=1S/C20H10ClF3N2O/c21-11-4-6-13(15(23)9-11)19-18(17-3-1-2-8-25-17)20(27-26-19)14-7-5-12(22)10-16(14)24/h1-10H. The van der Waals surface area contributed by atoms with E-state index in [-0.39, 0.29) is 27.6 Å². The van der Waals surface area contributed by atoms with E-state index in [9.17, 15) is 13.2 Å². The second-order valence-electron chi connectivity index (χ2n) is 5.70. The first kappa shape index (κ1) is 17.3. The molecule has 0 aliphatic heterocycles. The van der Waals surface area contributed by atoms with Gasteiger partial charge in [0.05, 0.1) is 16.8 Å². The van der Waals surface area contributed by atoms with Gasteiger partial charge < -0.3 is 4.52 Å². The number of hydrogen-bond acceptors (Lipinski definition) is 3. The van der Waals surface area contributed by atoms with Crippen LogP contribution in [0.4, 0.5) is 13.2 Å². The lowest BCUT2D eigenvalue weighted by Gasteiger charge is -2.06. The number of halogens is 4. The van der Waals surface area contributed by atoms with Crippen LogP contribution in [0, 0.1) is 17.5 Å². The third-order valence-corrected chi connectivity index (χ3v) is 4.21. The predicted molar refractivity (Wildman–Crippen MR) is 95.5 cm³/mol. The van der Waals surface area contributed by atoms with Crippen molar-refractivity contribution >= 4 is 11.6 Å². The first-order chi connectivity index (χ1) is 13.0. The smallest absolute Gasteiger partial charge is 0.179 e. The molecule has 0 saturated carbocycles. The number of hydrogen-bond donors (Lipinski definition) is 0.